The minimum atomic E-state index is -0.517. The van der Waals surface area contributed by atoms with E-state index in [2.05, 4.69) is 31.3 Å². The van der Waals surface area contributed by atoms with E-state index in [1.54, 1.807) is 32.2 Å². The summed E-state index contributed by atoms with van der Waals surface area (Å²) < 4.78 is 15.9. The summed E-state index contributed by atoms with van der Waals surface area (Å²) in [4.78, 5) is 11.8. The molecule has 1 aromatic heterocycles. The standard InChI is InChI=1S/C13H14BrN3O4/c1-3-20-13(18)12-11(15-17-16-12)8-4-5-10(9(14)6-8)21-7-19-2/h4-6H,3,7H2,1-2H3,(H,15,16,17). The first-order valence-electron chi connectivity index (χ1n) is 6.17. The van der Waals surface area contributed by atoms with E-state index in [9.17, 15) is 4.79 Å². The first-order chi connectivity index (χ1) is 10.2. The maximum Gasteiger partial charge on any atom is 0.361 e. The molecular formula is C13H14BrN3O4. The number of halogens is 1. The number of hydrogen-bond donors (Lipinski definition) is 1. The maximum atomic E-state index is 11.8. The van der Waals surface area contributed by atoms with Crippen molar-refractivity contribution in [3.05, 3.63) is 28.4 Å². The number of carbonyl (C=O) groups excluding carboxylic acids is 1. The summed E-state index contributed by atoms with van der Waals surface area (Å²) in [7, 11) is 1.54. The average molecular weight is 356 g/mol. The first-order valence-corrected chi connectivity index (χ1v) is 6.96. The number of esters is 1. The number of nitrogens with one attached hydrogen (secondary N) is 1. The zero-order chi connectivity index (χ0) is 15.2. The van der Waals surface area contributed by atoms with Crippen LogP contribution in [0.2, 0.25) is 0 Å². The monoisotopic (exact) mass is 355 g/mol. The van der Waals surface area contributed by atoms with Gasteiger partial charge < -0.3 is 14.2 Å². The SMILES string of the molecule is CCOC(=O)c1n[nH]nc1-c1ccc(OCOC)c(Br)c1. The molecule has 0 atom stereocenters. The summed E-state index contributed by atoms with van der Waals surface area (Å²) in [6.45, 7) is 2.16. The highest BCUT2D eigenvalue weighted by Crippen LogP contribution is 2.31. The van der Waals surface area contributed by atoms with Gasteiger partial charge in [-0.15, -0.1) is 5.10 Å². The quantitative estimate of drug-likeness (QED) is 0.632. The van der Waals surface area contributed by atoms with E-state index in [-0.39, 0.29) is 19.1 Å². The second-order valence-corrected chi connectivity index (χ2v) is 4.79. The third-order valence-corrected chi connectivity index (χ3v) is 3.17. The zero-order valence-corrected chi connectivity index (χ0v) is 13.1. The van der Waals surface area contributed by atoms with Crippen LogP contribution in [0, 0.1) is 0 Å². The Morgan fingerprint density at radius 1 is 1.38 bits per heavy atom. The molecule has 8 heteroatoms. The van der Waals surface area contributed by atoms with Crippen molar-refractivity contribution < 1.29 is 19.0 Å². The largest absolute Gasteiger partial charge is 0.466 e. The van der Waals surface area contributed by atoms with Crippen LogP contribution >= 0.6 is 15.9 Å². The number of nitrogens with zero attached hydrogens (tertiary/aromatic N) is 2. The Bertz CT molecular complexity index is 630. The van der Waals surface area contributed by atoms with Crippen LogP contribution in [0.1, 0.15) is 17.4 Å². The number of H-pyrrole nitrogens is 1. The molecule has 0 bridgehead atoms. The molecule has 2 rings (SSSR count). The van der Waals surface area contributed by atoms with Crippen LogP contribution in [-0.4, -0.2) is 41.9 Å². The smallest absolute Gasteiger partial charge is 0.361 e. The van der Waals surface area contributed by atoms with E-state index in [0.29, 0.717) is 17.0 Å². The van der Waals surface area contributed by atoms with Gasteiger partial charge in [-0.05, 0) is 41.1 Å². The van der Waals surface area contributed by atoms with Gasteiger partial charge in [0.05, 0.1) is 11.1 Å². The van der Waals surface area contributed by atoms with Crippen molar-refractivity contribution in [2.45, 2.75) is 6.92 Å². The van der Waals surface area contributed by atoms with Gasteiger partial charge in [0.15, 0.2) is 12.5 Å². The number of ether oxygens (including phenoxy) is 3. The van der Waals surface area contributed by atoms with Gasteiger partial charge in [-0.2, -0.15) is 10.3 Å². The molecule has 0 fully saturated rings. The molecule has 7 nitrogen and oxygen atoms in total. The van der Waals surface area contributed by atoms with Crippen LogP contribution in [0.3, 0.4) is 0 Å². The summed E-state index contributed by atoms with van der Waals surface area (Å²) in [5.41, 5.74) is 1.28. The van der Waals surface area contributed by atoms with Crippen LogP contribution in [0.4, 0.5) is 0 Å². The highest BCUT2D eigenvalue weighted by molar-refractivity contribution is 9.10. The van der Waals surface area contributed by atoms with Crippen molar-refractivity contribution in [1.29, 1.82) is 0 Å². The molecule has 1 N–H and O–H groups in total. The molecule has 0 unspecified atom stereocenters. The molecule has 0 amide bonds. The molecule has 0 saturated carbocycles. The van der Waals surface area contributed by atoms with Gasteiger partial charge in [0, 0.05) is 12.7 Å². The highest BCUT2D eigenvalue weighted by atomic mass is 79.9. The summed E-state index contributed by atoms with van der Waals surface area (Å²) in [6.07, 6.45) is 0. The third kappa shape index (κ3) is 3.59. The molecule has 112 valence electrons. The average Bonchev–Trinajstić information content (AvgIpc) is 2.95. The lowest BCUT2D eigenvalue weighted by atomic mass is 10.1. The molecule has 0 spiro atoms. The molecule has 0 aliphatic heterocycles. The zero-order valence-electron chi connectivity index (χ0n) is 11.6. The Morgan fingerprint density at radius 2 is 2.19 bits per heavy atom. The second kappa shape index (κ2) is 7.19. The second-order valence-electron chi connectivity index (χ2n) is 3.94. The van der Waals surface area contributed by atoms with E-state index in [0.717, 1.165) is 4.47 Å². The molecule has 0 aliphatic carbocycles. The van der Waals surface area contributed by atoms with Crippen molar-refractivity contribution in [3.8, 4) is 17.0 Å². The van der Waals surface area contributed by atoms with Crippen LogP contribution < -0.4 is 4.74 Å². The van der Waals surface area contributed by atoms with Crippen molar-refractivity contribution >= 4 is 21.9 Å². The van der Waals surface area contributed by atoms with Gasteiger partial charge in [-0.25, -0.2) is 4.79 Å². The minimum Gasteiger partial charge on any atom is -0.466 e. The Balaban J connectivity index is 2.29. The third-order valence-electron chi connectivity index (χ3n) is 2.55. The van der Waals surface area contributed by atoms with E-state index in [1.165, 1.54) is 0 Å². The van der Waals surface area contributed by atoms with Crippen LogP contribution in [-0.2, 0) is 9.47 Å². The van der Waals surface area contributed by atoms with E-state index < -0.39 is 5.97 Å². The van der Waals surface area contributed by atoms with Crippen LogP contribution in [0.25, 0.3) is 11.3 Å². The summed E-state index contributed by atoms with van der Waals surface area (Å²) >= 11 is 3.40. The number of benzene rings is 1. The van der Waals surface area contributed by atoms with E-state index >= 15 is 0 Å². The predicted molar refractivity (Wildman–Crippen MR) is 78.0 cm³/mol. The minimum absolute atomic E-state index is 0.148. The fourth-order valence-corrected chi connectivity index (χ4v) is 2.15. The van der Waals surface area contributed by atoms with Gasteiger partial charge in [0.1, 0.15) is 11.4 Å². The number of aromatic amines is 1. The molecule has 1 aromatic carbocycles. The van der Waals surface area contributed by atoms with Crippen molar-refractivity contribution in [1.82, 2.24) is 15.4 Å². The predicted octanol–water partition coefficient (Wildman–Crippen LogP) is 2.39. The van der Waals surface area contributed by atoms with Gasteiger partial charge in [-0.1, -0.05) is 0 Å². The first kappa shape index (κ1) is 15.5. The van der Waals surface area contributed by atoms with Gasteiger partial charge in [0.2, 0.25) is 0 Å². The molecule has 1 heterocycles. The number of aromatic nitrogens is 3. The fourth-order valence-electron chi connectivity index (χ4n) is 1.66. The van der Waals surface area contributed by atoms with Gasteiger partial charge in [-0.3, -0.25) is 0 Å². The highest BCUT2D eigenvalue weighted by Gasteiger charge is 2.19. The lowest BCUT2D eigenvalue weighted by Crippen LogP contribution is -2.06. The van der Waals surface area contributed by atoms with Crippen molar-refractivity contribution in [2.24, 2.45) is 0 Å². The van der Waals surface area contributed by atoms with Crippen LogP contribution in [0.5, 0.6) is 5.75 Å². The summed E-state index contributed by atoms with van der Waals surface area (Å²) in [6, 6.07) is 5.31. The number of carbonyl (C=O) groups is 1. The summed E-state index contributed by atoms with van der Waals surface area (Å²) in [5.74, 6) is 0.110. The Morgan fingerprint density at radius 3 is 2.86 bits per heavy atom. The number of hydrogen-bond acceptors (Lipinski definition) is 6. The van der Waals surface area contributed by atoms with Gasteiger partial charge >= 0.3 is 5.97 Å². The van der Waals surface area contributed by atoms with E-state index in [1.807, 2.05) is 0 Å². The Labute approximate surface area is 129 Å². The number of rotatable bonds is 6. The molecular weight excluding hydrogens is 342 g/mol. The van der Waals surface area contributed by atoms with Crippen molar-refractivity contribution in [3.63, 3.8) is 0 Å². The Kier molecular flexibility index (Phi) is 5.29. The topological polar surface area (TPSA) is 86.3 Å². The lowest BCUT2D eigenvalue weighted by molar-refractivity contribution is 0.0505. The fraction of sp³-hybridized carbons (Fsp3) is 0.308. The summed E-state index contributed by atoms with van der Waals surface area (Å²) in [5, 5.41) is 10.3. The maximum absolute atomic E-state index is 11.8. The Hall–Kier alpha value is -1.93. The van der Waals surface area contributed by atoms with E-state index in [4.69, 9.17) is 14.2 Å². The van der Waals surface area contributed by atoms with Gasteiger partial charge in [0.25, 0.3) is 0 Å². The molecule has 0 aliphatic rings. The molecule has 0 radical (unpaired) electrons. The van der Waals surface area contributed by atoms with Crippen molar-refractivity contribution in [2.75, 3.05) is 20.5 Å². The number of methoxy groups -OCH3 is 1. The normalized spacial score (nSPS) is 10.4. The lowest BCUT2D eigenvalue weighted by Gasteiger charge is -2.08. The molecule has 21 heavy (non-hydrogen) atoms. The van der Waals surface area contributed by atoms with Crippen LogP contribution in [0.15, 0.2) is 22.7 Å². The molecule has 0 saturated heterocycles. The molecule has 2 aromatic rings.